The molecular weight excluding hydrogens is 386 g/mol. The highest BCUT2D eigenvalue weighted by Gasteiger charge is 2.20. The Kier molecular flexibility index (Phi) is 5.21. The molecule has 6 nitrogen and oxygen atoms in total. The number of amides is 2. The van der Waals surface area contributed by atoms with Crippen LogP contribution in [0.1, 0.15) is 5.56 Å². The number of nitrogens with one attached hydrogen (secondary N) is 2. The smallest absolute Gasteiger partial charge is 0.321 e. The minimum atomic E-state index is -3.63. The van der Waals surface area contributed by atoms with Crippen LogP contribution in [0.4, 0.5) is 10.5 Å². The van der Waals surface area contributed by atoms with Gasteiger partial charge in [0.25, 0.3) is 0 Å². The second-order valence-electron chi connectivity index (χ2n) is 6.57. The van der Waals surface area contributed by atoms with E-state index in [9.17, 15) is 13.2 Å². The van der Waals surface area contributed by atoms with Crippen LogP contribution < -0.4 is 14.9 Å². The molecule has 0 spiro atoms. The molecule has 1 heterocycles. The van der Waals surface area contributed by atoms with E-state index in [0.717, 1.165) is 22.0 Å². The van der Waals surface area contributed by atoms with Crippen molar-refractivity contribution in [2.75, 3.05) is 24.5 Å². The van der Waals surface area contributed by atoms with Crippen molar-refractivity contribution >= 4 is 32.5 Å². The summed E-state index contributed by atoms with van der Waals surface area (Å²) in [5.74, 6) is 5.76. The van der Waals surface area contributed by atoms with Gasteiger partial charge in [-0.1, -0.05) is 42.2 Å². The number of hydrogen-bond donors (Lipinski definition) is 2. The normalized spacial score (nSPS) is 13.8. The summed E-state index contributed by atoms with van der Waals surface area (Å²) in [6.07, 6.45) is 0. The van der Waals surface area contributed by atoms with Crippen LogP contribution in [0.3, 0.4) is 0 Å². The molecule has 0 unspecified atom stereocenters. The molecule has 1 saturated heterocycles. The number of hydrogen-bond acceptors (Lipinski definition) is 3. The number of nitrogens with zero attached hydrogens (tertiary/aromatic N) is 1. The summed E-state index contributed by atoms with van der Waals surface area (Å²) >= 11 is 0. The van der Waals surface area contributed by atoms with Crippen molar-refractivity contribution in [2.24, 2.45) is 0 Å². The van der Waals surface area contributed by atoms with Gasteiger partial charge in [0.15, 0.2) is 0 Å². The Hall–Kier alpha value is -3.34. The molecule has 146 valence electrons. The highest BCUT2D eigenvalue weighted by molar-refractivity contribution is 7.89. The number of fused-ring (bicyclic) bond motifs is 1. The Morgan fingerprint density at radius 3 is 2.48 bits per heavy atom. The molecule has 0 saturated carbocycles. The summed E-state index contributed by atoms with van der Waals surface area (Å²) in [5.41, 5.74) is 1.56. The van der Waals surface area contributed by atoms with Gasteiger partial charge in [-0.25, -0.2) is 13.2 Å². The number of sulfonamides is 1. The summed E-state index contributed by atoms with van der Waals surface area (Å²) < 4.78 is 27.5. The highest BCUT2D eigenvalue weighted by atomic mass is 32.2. The predicted octanol–water partition coefficient (Wildman–Crippen LogP) is 2.70. The van der Waals surface area contributed by atoms with Gasteiger partial charge in [0.05, 0.1) is 11.4 Å². The van der Waals surface area contributed by atoms with Gasteiger partial charge >= 0.3 is 6.03 Å². The van der Waals surface area contributed by atoms with Crippen LogP contribution >= 0.6 is 0 Å². The fraction of sp³-hybridized carbons (Fsp3) is 0.136. The predicted molar refractivity (Wildman–Crippen MR) is 113 cm³/mol. The molecule has 7 heteroatoms. The molecule has 3 aromatic rings. The first-order valence-corrected chi connectivity index (χ1v) is 10.6. The average Bonchev–Trinajstić information content (AvgIpc) is 3.17. The summed E-state index contributed by atoms with van der Waals surface area (Å²) in [6, 6.07) is 19.8. The SMILES string of the molecule is O=C1NCCN1c1ccc(C#CCNS(=O)(=O)c2ccc3ccccc3c2)cc1. The number of carbonyl (C=O) groups excluding carboxylic acids is 1. The fourth-order valence-electron chi connectivity index (χ4n) is 3.14. The molecule has 4 rings (SSSR count). The van der Waals surface area contributed by atoms with Crippen molar-refractivity contribution in [3.8, 4) is 11.8 Å². The third-order valence-electron chi connectivity index (χ3n) is 4.65. The second-order valence-corrected chi connectivity index (χ2v) is 8.33. The van der Waals surface area contributed by atoms with Gasteiger partial charge in [0.1, 0.15) is 0 Å². The number of carbonyl (C=O) groups is 1. The Morgan fingerprint density at radius 1 is 1.00 bits per heavy atom. The topological polar surface area (TPSA) is 78.5 Å². The first kappa shape index (κ1) is 19.0. The molecule has 2 amide bonds. The molecule has 0 radical (unpaired) electrons. The van der Waals surface area contributed by atoms with Gasteiger partial charge in [0, 0.05) is 24.3 Å². The van der Waals surface area contributed by atoms with Crippen molar-refractivity contribution in [1.82, 2.24) is 10.0 Å². The van der Waals surface area contributed by atoms with E-state index >= 15 is 0 Å². The van der Waals surface area contributed by atoms with Gasteiger partial charge in [-0.2, -0.15) is 4.72 Å². The third kappa shape index (κ3) is 4.24. The lowest BCUT2D eigenvalue weighted by Gasteiger charge is -2.13. The van der Waals surface area contributed by atoms with Crippen LogP contribution in [-0.4, -0.2) is 34.1 Å². The van der Waals surface area contributed by atoms with Crippen molar-refractivity contribution in [1.29, 1.82) is 0 Å². The summed E-state index contributed by atoms with van der Waals surface area (Å²) in [6.45, 7) is 1.28. The van der Waals surface area contributed by atoms with Gasteiger partial charge in [-0.15, -0.1) is 0 Å². The molecule has 29 heavy (non-hydrogen) atoms. The van der Waals surface area contributed by atoms with E-state index in [0.29, 0.717) is 13.1 Å². The Morgan fingerprint density at radius 2 is 1.76 bits per heavy atom. The van der Waals surface area contributed by atoms with Crippen LogP contribution in [0.15, 0.2) is 71.6 Å². The van der Waals surface area contributed by atoms with Gasteiger partial charge < -0.3 is 5.32 Å². The fourth-order valence-corrected chi connectivity index (χ4v) is 4.10. The minimum Gasteiger partial charge on any atom is -0.336 e. The van der Waals surface area contributed by atoms with Crippen LogP contribution in [0.25, 0.3) is 10.8 Å². The lowest BCUT2D eigenvalue weighted by atomic mass is 10.1. The lowest BCUT2D eigenvalue weighted by molar-refractivity contribution is 0.252. The van der Waals surface area contributed by atoms with E-state index in [-0.39, 0.29) is 17.5 Å². The van der Waals surface area contributed by atoms with Crippen LogP contribution in [0.5, 0.6) is 0 Å². The van der Waals surface area contributed by atoms with Crippen LogP contribution in [0.2, 0.25) is 0 Å². The molecule has 0 aliphatic carbocycles. The zero-order valence-corrected chi connectivity index (χ0v) is 16.4. The largest absolute Gasteiger partial charge is 0.336 e. The quantitative estimate of drug-likeness (QED) is 0.655. The summed E-state index contributed by atoms with van der Waals surface area (Å²) in [4.78, 5) is 13.6. The first-order valence-electron chi connectivity index (χ1n) is 9.16. The van der Waals surface area contributed by atoms with Crippen LogP contribution in [0, 0.1) is 11.8 Å². The Labute approximate surface area is 169 Å². The zero-order valence-electron chi connectivity index (χ0n) is 15.6. The van der Waals surface area contributed by atoms with Crippen molar-refractivity contribution < 1.29 is 13.2 Å². The Balaban J connectivity index is 1.40. The van der Waals surface area contributed by atoms with E-state index in [1.807, 2.05) is 48.5 Å². The Bertz CT molecular complexity index is 1230. The maximum Gasteiger partial charge on any atom is 0.321 e. The lowest BCUT2D eigenvalue weighted by Crippen LogP contribution is -2.27. The summed E-state index contributed by atoms with van der Waals surface area (Å²) in [5, 5.41) is 4.61. The molecule has 2 N–H and O–H groups in total. The van der Waals surface area contributed by atoms with E-state index in [1.165, 1.54) is 0 Å². The molecule has 1 fully saturated rings. The van der Waals surface area contributed by atoms with Gasteiger partial charge in [-0.3, -0.25) is 4.90 Å². The maximum absolute atomic E-state index is 12.5. The highest BCUT2D eigenvalue weighted by Crippen LogP contribution is 2.19. The molecule has 3 aromatic carbocycles. The molecule has 1 aliphatic rings. The number of rotatable bonds is 4. The van der Waals surface area contributed by atoms with E-state index < -0.39 is 10.0 Å². The molecular formula is C22H19N3O3S. The number of anilines is 1. The number of benzene rings is 3. The standard InChI is InChI=1S/C22H19N3O3S/c26-22-23-14-15-25(22)20-10-7-17(8-11-20)4-3-13-24-29(27,28)21-12-9-18-5-1-2-6-19(18)16-21/h1-2,5-12,16,24H,13-15H2,(H,23,26). The van der Waals surface area contributed by atoms with Gasteiger partial charge in [0.2, 0.25) is 10.0 Å². The molecule has 0 aromatic heterocycles. The maximum atomic E-state index is 12.5. The number of urea groups is 1. The molecule has 0 atom stereocenters. The van der Waals surface area contributed by atoms with Crippen molar-refractivity contribution in [3.05, 3.63) is 72.3 Å². The van der Waals surface area contributed by atoms with E-state index in [1.54, 1.807) is 23.1 Å². The third-order valence-corrected chi connectivity index (χ3v) is 6.05. The van der Waals surface area contributed by atoms with E-state index in [2.05, 4.69) is 21.9 Å². The monoisotopic (exact) mass is 405 g/mol. The second kappa shape index (κ2) is 7.95. The van der Waals surface area contributed by atoms with E-state index in [4.69, 9.17) is 0 Å². The van der Waals surface area contributed by atoms with Crippen molar-refractivity contribution in [2.45, 2.75) is 4.90 Å². The first-order chi connectivity index (χ1) is 14.0. The average molecular weight is 405 g/mol. The zero-order chi connectivity index (χ0) is 20.3. The van der Waals surface area contributed by atoms with Crippen molar-refractivity contribution in [3.63, 3.8) is 0 Å². The molecule has 0 bridgehead atoms. The molecule has 1 aliphatic heterocycles. The van der Waals surface area contributed by atoms with Crippen LogP contribution in [-0.2, 0) is 10.0 Å². The summed E-state index contributed by atoms with van der Waals surface area (Å²) in [7, 11) is -3.63. The minimum absolute atomic E-state index is 0.00540. The van der Waals surface area contributed by atoms with Gasteiger partial charge in [-0.05, 0) is 47.2 Å².